The van der Waals surface area contributed by atoms with Crippen LogP contribution in [0.3, 0.4) is 0 Å². The molecule has 19 heavy (non-hydrogen) atoms. The summed E-state index contributed by atoms with van der Waals surface area (Å²) < 4.78 is 5.12. The van der Waals surface area contributed by atoms with E-state index in [-0.39, 0.29) is 11.8 Å². The van der Waals surface area contributed by atoms with E-state index in [1.54, 1.807) is 13.2 Å². The topological polar surface area (TPSA) is 41.5 Å². The predicted octanol–water partition coefficient (Wildman–Crippen LogP) is 3.25. The second-order valence-electron chi connectivity index (χ2n) is 4.52. The van der Waals surface area contributed by atoms with Gasteiger partial charge in [0.2, 0.25) is 0 Å². The average Bonchev–Trinajstić information content (AvgIpc) is 2.46. The molecule has 0 aliphatic rings. The number of aromatic hydroxyl groups is 1. The maximum atomic E-state index is 9.58. The van der Waals surface area contributed by atoms with Crippen LogP contribution in [0.25, 0.3) is 0 Å². The summed E-state index contributed by atoms with van der Waals surface area (Å²) in [6.07, 6.45) is 0. The van der Waals surface area contributed by atoms with E-state index < -0.39 is 0 Å². The number of phenolic OH excluding ortho intramolecular Hbond substituents is 1. The normalized spacial score (nSPS) is 12.1. The summed E-state index contributed by atoms with van der Waals surface area (Å²) >= 11 is 0. The Labute approximate surface area is 113 Å². The van der Waals surface area contributed by atoms with Crippen molar-refractivity contribution in [3.63, 3.8) is 0 Å². The lowest BCUT2D eigenvalue weighted by Crippen LogP contribution is -2.18. The van der Waals surface area contributed by atoms with Crippen molar-refractivity contribution < 1.29 is 9.84 Å². The van der Waals surface area contributed by atoms with Gasteiger partial charge in [-0.15, -0.1) is 0 Å². The molecule has 1 unspecified atom stereocenters. The zero-order chi connectivity index (χ0) is 13.7. The van der Waals surface area contributed by atoms with Crippen LogP contribution in [0.2, 0.25) is 0 Å². The van der Waals surface area contributed by atoms with Crippen LogP contribution in [0.4, 0.5) is 0 Å². The van der Waals surface area contributed by atoms with Crippen molar-refractivity contribution in [1.82, 2.24) is 5.32 Å². The Morgan fingerprint density at radius 1 is 1.16 bits per heavy atom. The summed E-state index contributed by atoms with van der Waals surface area (Å²) in [5, 5.41) is 13.0. The minimum Gasteiger partial charge on any atom is -0.504 e. The third-order valence-corrected chi connectivity index (χ3v) is 3.16. The number of benzene rings is 2. The van der Waals surface area contributed by atoms with Crippen molar-refractivity contribution in [2.45, 2.75) is 19.5 Å². The predicted molar refractivity (Wildman–Crippen MR) is 76.4 cm³/mol. The van der Waals surface area contributed by atoms with Crippen LogP contribution >= 0.6 is 0 Å². The van der Waals surface area contributed by atoms with Crippen LogP contribution in [0.5, 0.6) is 11.5 Å². The Bertz CT molecular complexity index is 526. The molecule has 1 atom stereocenters. The summed E-state index contributed by atoms with van der Waals surface area (Å²) in [6.45, 7) is 2.90. The SMILES string of the molecule is COc1cc(C(C)NCc2ccccc2)ccc1O. The Kier molecular flexibility index (Phi) is 4.42. The minimum atomic E-state index is 0.168. The fraction of sp³-hybridized carbons (Fsp3) is 0.250. The van der Waals surface area contributed by atoms with Crippen LogP contribution < -0.4 is 10.1 Å². The van der Waals surface area contributed by atoms with E-state index in [1.807, 2.05) is 30.3 Å². The van der Waals surface area contributed by atoms with E-state index in [1.165, 1.54) is 5.56 Å². The van der Waals surface area contributed by atoms with E-state index in [0.717, 1.165) is 12.1 Å². The van der Waals surface area contributed by atoms with Gasteiger partial charge in [0.15, 0.2) is 11.5 Å². The average molecular weight is 257 g/mol. The summed E-state index contributed by atoms with van der Waals surface area (Å²) in [4.78, 5) is 0. The van der Waals surface area contributed by atoms with Gasteiger partial charge in [0.05, 0.1) is 7.11 Å². The molecule has 0 fully saturated rings. The molecule has 0 heterocycles. The Balaban J connectivity index is 2.02. The lowest BCUT2D eigenvalue weighted by Gasteiger charge is -2.15. The van der Waals surface area contributed by atoms with Crippen LogP contribution in [0.1, 0.15) is 24.1 Å². The van der Waals surface area contributed by atoms with Gasteiger partial charge in [-0.25, -0.2) is 0 Å². The first-order valence-corrected chi connectivity index (χ1v) is 6.35. The van der Waals surface area contributed by atoms with Gasteiger partial charge in [-0.1, -0.05) is 36.4 Å². The molecular formula is C16H19NO2. The molecule has 0 saturated carbocycles. The van der Waals surface area contributed by atoms with E-state index in [0.29, 0.717) is 5.75 Å². The molecule has 3 heteroatoms. The zero-order valence-electron chi connectivity index (χ0n) is 11.3. The first kappa shape index (κ1) is 13.4. The van der Waals surface area contributed by atoms with Gasteiger partial charge in [-0.2, -0.15) is 0 Å². The molecule has 0 aliphatic carbocycles. The van der Waals surface area contributed by atoms with Crippen molar-refractivity contribution >= 4 is 0 Å². The number of rotatable bonds is 5. The molecule has 2 rings (SSSR count). The number of nitrogens with one attached hydrogen (secondary N) is 1. The summed E-state index contributed by atoms with van der Waals surface area (Å²) in [6, 6.07) is 15.9. The van der Waals surface area contributed by atoms with Crippen LogP contribution in [0.15, 0.2) is 48.5 Å². The highest BCUT2D eigenvalue weighted by molar-refractivity contribution is 5.42. The van der Waals surface area contributed by atoms with Crippen molar-refractivity contribution in [2.75, 3.05) is 7.11 Å². The highest BCUT2D eigenvalue weighted by Crippen LogP contribution is 2.28. The van der Waals surface area contributed by atoms with Gasteiger partial charge >= 0.3 is 0 Å². The van der Waals surface area contributed by atoms with Crippen molar-refractivity contribution in [1.29, 1.82) is 0 Å². The fourth-order valence-corrected chi connectivity index (χ4v) is 1.95. The van der Waals surface area contributed by atoms with E-state index >= 15 is 0 Å². The fourth-order valence-electron chi connectivity index (χ4n) is 1.95. The van der Waals surface area contributed by atoms with E-state index in [2.05, 4.69) is 24.4 Å². The van der Waals surface area contributed by atoms with Gasteiger partial charge in [-0.05, 0) is 30.2 Å². The number of hydrogen-bond acceptors (Lipinski definition) is 3. The lowest BCUT2D eigenvalue weighted by atomic mass is 10.1. The molecule has 0 spiro atoms. The van der Waals surface area contributed by atoms with Gasteiger partial charge < -0.3 is 15.2 Å². The van der Waals surface area contributed by atoms with Gasteiger partial charge in [0.25, 0.3) is 0 Å². The second-order valence-corrected chi connectivity index (χ2v) is 4.52. The summed E-state index contributed by atoms with van der Waals surface area (Å²) in [7, 11) is 1.56. The molecule has 0 bridgehead atoms. The molecule has 0 aromatic heterocycles. The maximum Gasteiger partial charge on any atom is 0.160 e. The first-order valence-electron chi connectivity index (χ1n) is 6.35. The summed E-state index contributed by atoms with van der Waals surface area (Å²) in [5.41, 5.74) is 2.34. The van der Waals surface area contributed by atoms with Crippen molar-refractivity contribution in [3.05, 3.63) is 59.7 Å². The molecule has 0 saturated heterocycles. The quantitative estimate of drug-likeness (QED) is 0.864. The summed E-state index contributed by atoms with van der Waals surface area (Å²) in [5.74, 6) is 0.673. The zero-order valence-corrected chi connectivity index (χ0v) is 11.3. The molecule has 0 radical (unpaired) electrons. The highest BCUT2D eigenvalue weighted by Gasteiger charge is 2.08. The van der Waals surface area contributed by atoms with Crippen molar-refractivity contribution in [3.8, 4) is 11.5 Å². The number of methoxy groups -OCH3 is 1. The van der Waals surface area contributed by atoms with Crippen LogP contribution in [-0.2, 0) is 6.54 Å². The molecule has 2 N–H and O–H groups in total. The number of hydrogen-bond donors (Lipinski definition) is 2. The standard InChI is InChI=1S/C16H19NO2/c1-12(17-11-13-6-4-3-5-7-13)14-8-9-15(18)16(10-14)19-2/h3-10,12,17-18H,11H2,1-2H3. The molecule has 2 aromatic carbocycles. The maximum absolute atomic E-state index is 9.58. The molecule has 0 amide bonds. The smallest absolute Gasteiger partial charge is 0.160 e. The lowest BCUT2D eigenvalue weighted by molar-refractivity contribution is 0.372. The third-order valence-electron chi connectivity index (χ3n) is 3.16. The minimum absolute atomic E-state index is 0.168. The first-order chi connectivity index (χ1) is 9.20. The molecule has 0 aliphatic heterocycles. The van der Waals surface area contributed by atoms with Gasteiger partial charge in [0.1, 0.15) is 0 Å². The monoisotopic (exact) mass is 257 g/mol. The van der Waals surface area contributed by atoms with Crippen molar-refractivity contribution in [2.24, 2.45) is 0 Å². The Morgan fingerprint density at radius 2 is 1.89 bits per heavy atom. The molecule has 100 valence electrons. The largest absolute Gasteiger partial charge is 0.504 e. The van der Waals surface area contributed by atoms with Gasteiger partial charge in [-0.3, -0.25) is 0 Å². The third kappa shape index (κ3) is 3.48. The molecule has 3 nitrogen and oxygen atoms in total. The van der Waals surface area contributed by atoms with Crippen LogP contribution in [-0.4, -0.2) is 12.2 Å². The molecule has 2 aromatic rings. The van der Waals surface area contributed by atoms with Crippen LogP contribution in [0, 0.1) is 0 Å². The molecular weight excluding hydrogens is 238 g/mol. The second kappa shape index (κ2) is 6.25. The van der Waals surface area contributed by atoms with E-state index in [4.69, 9.17) is 4.74 Å². The number of ether oxygens (including phenoxy) is 1. The Hall–Kier alpha value is -2.00. The highest BCUT2D eigenvalue weighted by atomic mass is 16.5. The number of phenols is 1. The van der Waals surface area contributed by atoms with E-state index in [9.17, 15) is 5.11 Å². The Morgan fingerprint density at radius 3 is 2.58 bits per heavy atom. The van der Waals surface area contributed by atoms with Gasteiger partial charge in [0, 0.05) is 12.6 Å².